The molecule has 0 amide bonds. The third-order valence-corrected chi connectivity index (χ3v) is 24.3. The molecule has 5 nitrogen and oxygen atoms in total. The maximum absolute atomic E-state index is 7.53. The summed E-state index contributed by atoms with van der Waals surface area (Å²) < 4.78 is 17.6. The van der Waals surface area contributed by atoms with Crippen LogP contribution in [0.2, 0.25) is 0 Å². The molecule has 4 aromatic heterocycles. The fourth-order valence-corrected chi connectivity index (χ4v) is 20.5. The first-order valence-electron chi connectivity index (χ1n) is 34.6. The van der Waals surface area contributed by atoms with E-state index in [1.54, 1.807) is 0 Å². The largest absolute Gasteiger partial charge is 0.454 e. The second-order valence-corrected chi connectivity index (χ2v) is 28.8. The van der Waals surface area contributed by atoms with Crippen LogP contribution in [-0.2, 0) is 10.8 Å². The molecule has 16 aromatic carbocycles. The van der Waals surface area contributed by atoms with Gasteiger partial charge < -0.3 is 23.0 Å². The summed E-state index contributed by atoms with van der Waals surface area (Å²) in [5.74, 6) is 1.74. The predicted molar refractivity (Wildman–Crippen MR) is 412 cm³/mol. The Kier molecular flexibility index (Phi) is 10.2. The smallest absolute Gasteiger partial charge is 0.156 e. The zero-order valence-electron chi connectivity index (χ0n) is 53.8. The van der Waals surface area contributed by atoms with Crippen molar-refractivity contribution in [3.63, 3.8) is 0 Å². The number of hydrogen-bond donors (Lipinski definition) is 0. The van der Waals surface area contributed by atoms with Gasteiger partial charge >= 0.3 is 0 Å². The van der Waals surface area contributed by atoms with Gasteiger partial charge in [0.1, 0.15) is 5.75 Å². The quantitative estimate of drug-likeness (QED) is 0.176. The van der Waals surface area contributed by atoms with E-state index in [0.29, 0.717) is 0 Å². The molecule has 0 saturated heterocycles. The molecule has 2 spiro atoms. The third-order valence-electron chi connectivity index (χ3n) is 23.2. The molecule has 0 aliphatic carbocycles. The highest BCUT2D eigenvalue weighted by Gasteiger charge is 2.52. The number of benzene rings is 16. The minimum absolute atomic E-state index is 0.636. The van der Waals surface area contributed by atoms with Crippen molar-refractivity contribution in [1.82, 2.24) is 18.3 Å². The van der Waals surface area contributed by atoms with Gasteiger partial charge in [0, 0.05) is 75.4 Å². The summed E-state index contributed by atoms with van der Waals surface area (Å²) in [5.41, 5.74) is 25.1. The van der Waals surface area contributed by atoms with Crippen molar-refractivity contribution in [3.05, 3.63) is 372 Å². The molecular formula is C94H54N4OS. The Bertz CT molecular complexity index is 7140. The van der Waals surface area contributed by atoms with Crippen molar-refractivity contribution in [2.75, 3.05) is 0 Å². The normalized spacial score (nSPS) is 16.1. The summed E-state index contributed by atoms with van der Waals surface area (Å²) in [7, 11) is 0. The van der Waals surface area contributed by atoms with E-state index >= 15 is 0 Å². The van der Waals surface area contributed by atoms with Gasteiger partial charge in [0.2, 0.25) is 0 Å². The van der Waals surface area contributed by atoms with Gasteiger partial charge in [0.05, 0.1) is 66.3 Å². The molecule has 24 rings (SSSR count). The molecule has 100 heavy (non-hydrogen) atoms. The Balaban J connectivity index is 0.691. The molecule has 0 radical (unpaired) electrons. The van der Waals surface area contributed by atoms with E-state index in [9.17, 15) is 0 Å². The first-order chi connectivity index (χ1) is 49.6. The molecule has 2 unspecified atom stereocenters. The molecule has 462 valence electrons. The highest BCUT2D eigenvalue weighted by Crippen LogP contribution is 2.64. The van der Waals surface area contributed by atoms with Crippen LogP contribution in [0.1, 0.15) is 44.5 Å². The van der Waals surface area contributed by atoms with Crippen LogP contribution in [0.15, 0.2) is 337 Å². The minimum Gasteiger partial charge on any atom is -0.454 e. The van der Waals surface area contributed by atoms with Crippen molar-refractivity contribution < 1.29 is 4.74 Å². The van der Waals surface area contributed by atoms with E-state index in [-0.39, 0.29) is 0 Å². The number of hydrogen-bond acceptors (Lipinski definition) is 2. The van der Waals surface area contributed by atoms with Gasteiger partial charge in [-0.2, -0.15) is 0 Å². The minimum atomic E-state index is -0.710. The van der Waals surface area contributed by atoms with Gasteiger partial charge in [-0.05, 0) is 163 Å². The van der Waals surface area contributed by atoms with E-state index in [4.69, 9.17) is 4.74 Å². The van der Waals surface area contributed by atoms with E-state index < -0.39 is 10.8 Å². The third kappa shape index (κ3) is 6.56. The molecule has 4 aliphatic rings. The SMILES string of the molecule is c1ccc2c(c1)Oc1c(ccc3c4ccccc4n(-c4ccc5ccc(-c6ccc7c(c6)c6cccc8c6n7-c6ccccc6C86c7ccccc7Sc7cc8c(cc76)c6ccccc6n8-c6ccc7ccccc7c6)cc5c4)c13)C21c2ccccc2-n2c3ccccc3c3cccc1c32. The van der Waals surface area contributed by atoms with Crippen molar-refractivity contribution in [1.29, 1.82) is 0 Å². The molecule has 8 heterocycles. The number of para-hydroxylation sites is 8. The maximum atomic E-state index is 7.53. The summed E-state index contributed by atoms with van der Waals surface area (Å²) >= 11 is 1.91. The average Bonchev–Trinajstić information content (AvgIpc) is 1.31. The van der Waals surface area contributed by atoms with Crippen LogP contribution in [0.4, 0.5) is 0 Å². The van der Waals surface area contributed by atoms with Gasteiger partial charge in [-0.15, -0.1) is 0 Å². The topological polar surface area (TPSA) is 28.9 Å². The number of rotatable bonds is 3. The molecule has 4 aliphatic heterocycles. The Labute approximate surface area is 577 Å². The first kappa shape index (κ1) is 53.5. The second-order valence-electron chi connectivity index (χ2n) is 27.7. The van der Waals surface area contributed by atoms with Crippen LogP contribution in [0, 0.1) is 0 Å². The van der Waals surface area contributed by atoms with Gasteiger partial charge in [0.25, 0.3) is 0 Å². The monoisotopic (exact) mass is 1290 g/mol. The van der Waals surface area contributed by atoms with Crippen LogP contribution in [0.25, 0.3) is 143 Å². The second kappa shape index (κ2) is 19.1. The van der Waals surface area contributed by atoms with E-state index in [2.05, 4.69) is 346 Å². The number of ether oxygens (including phenoxy) is 1. The van der Waals surface area contributed by atoms with Crippen molar-refractivity contribution in [3.8, 4) is 45.4 Å². The van der Waals surface area contributed by atoms with E-state index in [1.165, 1.54) is 153 Å². The van der Waals surface area contributed by atoms with Crippen LogP contribution in [0.3, 0.4) is 0 Å². The van der Waals surface area contributed by atoms with Crippen LogP contribution in [-0.4, -0.2) is 18.3 Å². The van der Waals surface area contributed by atoms with Crippen LogP contribution in [0.5, 0.6) is 11.5 Å². The van der Waals surface area contributed by atoms with Gasteiger partial charge in [-0.25, -0.2) is 0 Å². The lowest BCUT2D eigenvalue weighted by molar-refractivity contribution is 0.438. The molecule has 0 N–H and O–H groups in total. The Morgan fingerprint density at radius 1 is 0.240 bits per heavy atom. The fourth-order valence-electron chi connectivity index (χ4n) is 19.3. The first-order valence-corrected chi connectivity index (χ1v) is 35.4. The van der Waals surface area contributed by atoms with Crippen LogP contribution >= 0.6 is 11.8 Å². The summed E-state index contributed by atoms with van der Waals surface area (Å²) in [6.07, 6.45) is 0. The van der Waals surface area contributed by atoms with Gasteiger partial charge in [0.15, 0.2) is 5.75 Å². The average molecular weight is 1290 g/mol. The van der Waals surface area contributed by atoms with E-state index in [0.717, 1.165) is 55.8 Å². The lowest BCUT2D eigenvalue weighted by Gasteiger charge is -2.45. The maximum Gasteiger partial charge on any atom is 0.156 e. The Morgan fingerprint density at radius 2 is 0.730 bits per heavy atom. The predicted octanol–water partition coefficient (Wildman–Crippen LogP) is 24.0. The zero-order valence-corrected chi connectivity index (χ0v) is 54.6. The van der Waals surface area contributed by atoms with Crippen molar-refractivity contribution >= 4 is 121 Å². The van der Waals surface area contributed by atoms with Crippen molar-refractivity contribution in [2.24, 2.45) is 0 Å². The van der Waals surface area contributed by atoms with Crippen LogP contribution < -0.4 is 4.74 Å². The molecule has 2 atom stereocenters. The molecular weight excluding hydrogens is 1230 g/mol. The van der Waals surface area contributed by atoms with Crippen molar-refractivity contribution in [2.45, 2.75) is 20.6 Å². The Morgan fingerprint density at radius 3 is 1.47 bits per heavy atom. The Hall–Kier alpha value is -12.6. The summed E-state index contributed by atoms with van der Waals surface area (Å²) in [6.45, 7) is 0. The molecule has 0 bridgehead atoms. The van der Waals surface area contributed by atoms with Gasteiger partial charge in [-0.1, -0.05) is 242 Å². The summed E-state index contributed by atoms with van der Waals surface area (Å²) in [6, 6.07) is 124. The molecule has 0 saturated carbocycles. The lowest BCUT2D eigenvalue weighted by Crippen LogP contribution is -2.37. The number of aromatic nitrogens is 4. The fraction of sp³-hybridized carbons (Fsp3) is 0.0213. The van der Waals surface area contributed by atoms with E-state index in [1.807, 2.05) is 11.8 Å². The molecule has 20 aromatic rings. The highest BCUT2D eigenvalue weighted by molar-refractivity contribution is 7.99. The summed E-state index contributed by atoms with van der Waals surface area (Å²) in [5, 5.41) is 14.6. The number of nitrogens with zero attached hydrogens (tertiary/aromatic N) is 4. The molecule has 6 heteroatoms. The number of fused-ring (bicyclic) bond motifs is 31. The summed E-state index contributed by atoms with van der Waals surface area (Å²) in [4.78, 5) is 2.55. The lowest BCUT2D eigenvalue weighted by atomic mass is 9.61. The highest BCUT2D eigenvalue weighted by atomic mass is 32.2. The zero-order chi connectivity index (χ0) is 64.8. The standard InChI is InChI=1S/C94H54N4OS/c1-2-20-57-50-61(44-41-55(57)19-1)95-79-32-10-5-23-65(79)70-53-78-88(54-85(70)95)100-87-38-16-9-29-74(87)94(78)72-27-7-14-36-84(72)98-82-48-43-59(52-69(82)67-25-18-31-76(94)90(67)98)58-40-39-56-42-45-62(51-60(56)49-58)96-80-33-11-3-22-64(80)68-46-47-77-92(91(68)96)99-86-37-15-8-28-73(86)93(77)71-26-6-13-35-83(71)97-81-34-12-4-21-63(81)66-24-17-30-75(93)89(66)97/h1-54H. The molecule has 0 fully saturated rings. The van der Waals surface area contributed by atoms with Gasteiger partial charge in [-0.3, -0.25) is 0 Å².